The van der Waals surface area contributed by atoms with E-state index in [0.29, 0.717) is 22.8 Å². The molecular weight excluding hydrogens is 326 g/mol. The van der Waals surface area contributed by atoms with Crippen molar-refractivity contribution >= 4 is 23.2 Å². The fourth-order valence-corrected chi connectivity index (χ4v) is 3.02. The van der Waals surface area contributed by atoms with Gasteiger partial charge in [-0.1, -0.05) is 11.6 Å². The maximum Gasteiger partial charge on any atom is 0.238 e. The van der Waals surface area contributed by atoms with Crippen LogP contribution >= 0.6 is 11.6 Å². The SMILES string of the molecule is N#Cc1ccc(NC(=O)CN2CCC(c3ncccn3)C2)cc1Cl. The molecule has 1 fully saturated rings. The second-order valence-corrected chi connectivity index (χ2v) is 6.09. The largest absolute Gasteiger partial charge is 0.325 e. The molecule has 2 heterocycles. The first-order valence-electron chi connectivity index (χ1n) is 7.64. The molecule has 0 bridgehead atoms. The van der Waals surface area contributed by atoms with E-state index in [1.54, 1.807) is 36.7 Å². The zero-order valence-electron chi connectivity index (χ0n) is 12.9. The van der Waals surface area contributed by atoms with Gasteiger partial charge in [-0.05, 0) is 37.2 Å². The lowest BCUT2D eigenvalue weighted by atomic mass is 10.1. The highest BCUT2D eigenvalue weighted by Crippen LogP contribution is 2.24. The Kier molecular flexibility index (Phi) is 5.04. The first-order valence-corrected chi connectivity index (χ1v) is 8.02. The number of carbonyl (C=O) groups excluding carboxylic acids is 1. The molecule has 1 aliphatic heterocycles. The van der Waals surface area contributed by atoms with Crippen LogP contribution in [0.4, 0.5) is 5.69 Å². The van der Waals surface area contributed by atoms with Gasteiger partial charge in [0.2, 0.25) is 5.91 Å². The Balaban J connectivity index is 1.54. The number of rotatable bonds is 4. The van der Waals surface area contributed by atoms with Crippen LogP contribution in [0.5, 0.6) is 0 Å². The Bertz CT molecular complexity index is 774. The summed E-state index contributed by atoms with van der Waals surface area (Å²) in [4.78, 5) is 22.8. The Morgan fingerprint density at radius 3 is 2.92 bits per heavy atom. The summed E-state index contributed by atoms with van der Waals surface area (Å²) in [6, 6.07) is 8.64. The van der Waals surface area contributed by atoms with E-state index < -0.39 is 0 Å². The zero-order chi connectivity index (χ0) is 16.9. The van der Waals surface area contributed by atoms with Gasteiger partial charge < -0.3 is 5.32 Å². The van der Waals surface area contributed by atoms with Crippen molar-refractivity contribution in [2.75, 3.05) is 25.0 Å². The smallest absolute Gasteiger partial charge is 0.238 e. The number of nitrogens with zero attached hydrogens (tertiary/aromatic N) is 4. The van der Waals surface area contributed by atoms with Gasteiger partial charge in [-0.15, -0.1) is 0 Å². The van der Waals surface area contributed by atoms with Gasteiger partial charge in [0, 0.05) is 30.5 Å². The molecule has 0 radical (unpaired) electrons. The molecule has 2 aromatic rings. The minimum absolute atomic E-state index is 0.106. The second-order valence-electron chi connectivity index (χ2n) is 5.68. The van der Waals surface area contributed by atoms with Crippen LogP contribution in [0.1, 0.15) is 23.7 Å². The highest BCUT2D eigenvalue weighted by Gasteiger charge is 2.26. The molecule has 1 unspecified atom stereocenters. The van der Waals surface area contributed by atoms with Crippen LogP contribution in [0.15, 0.2) is 36.7 Å². The molecule has 1 aromatic heterocycles. The van der Waals surface area contributed by atoms with Crippen molar-refractivity contribution in [3.05, 3.63) is 53.1 Å². The quantitative estimate of drug-likeness (QED) is 0.923. The topological polar surface area (TPSA) is 81.9 Å². The van der Waals surface area contributed by atoms with Gasteiger partial charge in [0.15, 0.2) is 0 Å². The Hall–Kier alpha value is -2.49. The van der Waals surface area contributed by atoms with Gasteiger partial charge in [0.25, 0.3) is 0 Å². The molecule has 1 aliphatic rings. The third-order valence-corrected chi connectivity index (χ3v) is 4.28. The summed E-state index contributed by atoms with van der Waals surface area (Å²) in [6.45, 7) is 1.91. The fourth-order valence-electron chi connectivity index (χ4n) is 2.80. The van der Waals surface area contributed by atoms with E-state index in [1.165, 1.54) is 0 Å². The number of benzene rings is 1. The van der Waals surface area contributed by atoms with Crippen LogP contribution in [0.2, 0.25) is 5.02 Å². The number of carbonyl (C=O) groups is 1. The first-order chi connectivity index (χ1) is 11.7. The minimum atomic E-state index is -0.106. The van der Waals surface area contributed by atoms with Gasteiger partial charge in [0.1, 0.15) is 11.9 Å². The molecule has 0 saturated carbocycles. The molecule has 0 spiro atoms. The van der Waals surface area contributed by atoms with Gasteiger partial charge in [-0.2, -0.15) is 5.26 Å². The average Bonchev–Trinajstić information content (AvgIpc) is 3.04. The molecule has 1 N–H and O–H groups in total. The van der Waals surface area contributed by atoms with Crippen molar-refractivity contribution in [1.82, 2.24) is 14.9 Å². The van der Waals surface area contributed by atoms with Crippen LogP contribution in [-0.4, -0.2) is 40.4 Å². The minimum Gasteiger partial charge on any atom is -0.325 e. The molecule has 7 heteroatoms. The predicted molar refractivity (Wildman–Crippen MR) is 90.6 cm³/mol. The standard InChI is InChI=1S/C17H16ClN5O/c18-15-8-14(3-2-12(15)9-19)22-16(24)11-23-7-4-13(10-23)17-20-5-1-6-21-17/h1-3,5-6,8,13H,4,7,10-11H2,(H,22,24). The van der Waals surface area contributed by atoms with Gasteiger partial charge in [-0.3, -0.25) is 9.69 Å². The first kappa shape index (κ1) is 16.4. The van der Waals surface area contributed by atoms with E-state index in [2.05, 4.69) is 20.2 Å². The van der Waals surface area contributed by atoms with Crippen LogP contribution in [0.3, 0.4) is 0 Å². The predicted octanol–water partition coefficient (Wildman–Crippen LogP) is 2.43. The highest BCUT2D eigenvalue weighted by molar-refractivity contribution is 6.32. The van der Waals surface area contributed by atoms with E-state index in [1.807, 2.05) is 6.07 Å². The molecule has 1 amide bonds. The second kappa shape index (κ2) is 7.39. The van der Waals surface area contributed by atoms with Crippen molar-refractivity contribution in [1.29, 1.82) is 5.26 Å². The molecule has 1 saturated heterocycles. The molecule has 6 nitrogen and oxygen atoms in total. The van der Waals surface area contributed by atoms with Crippen molar-refractivity contribution in [2.45, 2.75) is 12.3 Å². The van der Waals surface area contributed by atoms with Gasteiger partial charge in [-0.25, -0.2) is 9.97 Å². The molecular formula is C17H16ClN5O. The van der Waals surface area contributed by atoms with E-state index in [4.69, 9.17) is 16.9 Å². The summed E-state index contributed by atoms with van der Waals surface area (Å²) in [5.74, 6) is 0.994. The number of anilines is 1. The van der Waals surface area contributed by atoms with Crippen LogP contribution < -0.4 is 5.32 Å². The van der Waals surface area contributed by atoms with Crippen molar-refractivity contribution in [3.63, 3.8) is 0 Å². The fraction of sp³-hybridized carbons (Fsp3) is 0.294. The number of halogens is 1. The van der Waals surface area contributed by atoms with Gasteiger partial charge in [0.05, 0.1) is 17.1 Å². The summed E-state index contributed by atoms with van der Waals surface area (Å²) >= 11 is 5.97. The summed E-state index contributed by atoms with van der Waals surface area (Å²) in [6.07, 6.45) is 4.43. The third kappa shape index (κ3) is 3.88. The number of aromatic nitrogens is 2. The lowest BCUT2D eigenvalue weighted by Crippen LogP contribution is -2.31. The molecule has 1 atom stereocenters. The normalized spacial score (nSPS) is 17.4. The number of hydrogen-bond acceptors (Lipinski definition) is 5. The molecule has 24 heavy (non-hydrogen) atoms. The lowest BCUT2D eigenvalue weighted by molar-refractivity contribution is -0.117. The summed E-state index contributed by atoms with van der Waals surface area (Å²) in [5, 5.41) is 12.0. The molecule has 0 aliphatic carbocycles. The number of amides is 1. The molecule has 3 rings (SSSR count). The van der Waals surface area contributed by atoms with E-state index in [-0.39, 0.29) is 11.8 Å². The summed E-state index contributed by atoms with van der Waals surface area (Å²) in [7, 11) is 0. The number of likely N-dealkylation sites (tertiary alicyclic amines) is 1. The van der Waals surface area contributed by atoms with Crippen molar-refractivity contribution < 1.29 is 4.79 Å². The van der Waals surface area contributed by atoms with E-state index in [0.717, 1.165) is 25.3 Å². The van der Waals surface area contributed by atoms with E-state index in [9.17, 15) is 4.79 Å². The monoisotopic (exact) mass is 341 g/mol. The Morgan fingerprint density at radius 2 is 2.21 bits per heavy atom. The number of nitrogens with one attached hydrogen (secondary N) is 1. The summed E-state index contributed by atoms with van der Waals surface area (Å²) in [5.41, 5.74) is 0.978. The Labute approximate surface area is 145 Å². The van der Waals surface area contributed by atoms with E-state index >= 15 is 0 Å². The average molecular weight is 342 g/mol. The maximum atomic E-state index is 12.2. The summed E-state index contributed by atoms with van der Waals surface area (Å²) < 4.78 is 0. The van der Waals surface area contributed by atoms with Crippen LogP contribution in [-0.2, 0) is 4.79 Å². The van der Waals surface area contributed by atoms with Crippen LogP contribution in [0.25, 0.3) is 0 Å². The number of hydrogen-bond donors (Lipinski definition) is 1. The van der Waals surface area contributed by atoms with Crippen LogP contribution in [0, 0.1) is 11.3 Å². The van der Waals surface area contributed by atoms with Crippen molar-refractivity contribution in [2.24, 2.45) is 0 Å². The number of nitriles is 1. The van der Waals surface area contributed by atoms with Crippen molar-refractivity contribution in [3.8, 4) is 6.07 Å². The Morgan fingerprint density at radius 1 is 1.42 bits per heavy atom. The third-order valence-electron chi connectivity index (χ3n) is 3.96. The maximum absolute atomic E-state index is 12.2. The lowest BCUT2D eigenvalue weighted by Gasteiger charge is -2.15. The zero-order valence-corrected chi connectivity index (χ0v) is 13.7. The van der Waals surface area contributed by atoms with Gasteiger partial charge >= 0.3 is 0 Å². The highest BCUT2D eigenvalue weighted by atomic mass is 35.5. The molecule has 1 aromatic carbocycles. The molecule has 122 valence electrons.